The first kappa shape index (κ1) is 13.3. The van der Waals surface area contributed by atoms with Gasteiger partial charge in [-0.1, -0.05) is 11.6 Å². The summed E-state index contributed by atoms with van der Waals surface area (Å²) in [6.07, 6.45) is 2.05. The molecule has 1 N–H and O–H groups in total. The molecule has 2 heterocycles. The Kier molecular flexibility index (Phi) is 4.16. The van der Waals surface area contributed by atoms with Crippen molar-refractivity contribution in [3.8, 4) is 0 Å². The minimum atomic E-state index is -0.208. The predicted molar refractivity (Wildman–Crippen MR) is 66.6 cm³/mol. The molecule has 6 heteroatoms. The van der Waals surface area contributed by atoms with Crippen molar-refractivity contribution >= 4 is 17.5 Å². The van der Waals surface area contributed by atoms with E-state index < -0.39 is 0 Å². The first-order chi connectivity index (χ1) is 8.65. The van der Waals surface area contributed by atoms with Crippen molar-refractivity contribution in [2.45, 2.75) is 18.6 Å². The largest absolute Gasteiger partial charge is 0.394 e. The number of aliphatic hydroxyl groups is 1. The Labute approximate surface area is 110 Å². The van der Waals surface area contributed by atoms with Crippen molar-refractivity contribution in [1.29, 1.82) is 0 Å². The van der Waals surface area contributed by atoms with Crippen LogP contribution in [0, 0.1) is 0 Å². The van der Waals surface area contributed by atoms with Gasteiger partial charge in [-0.15, -0.1) is 0 Å². The van der Waals surface area contributed by atoms with Crippen LogP contribution in [0.2, 0.25) is 5.02 Å². The number of carbonyl (C=O) groups is 1. The van der Waals surface area contributed by atoms with Crippen LogP contribution in [0.25, 0.3) is 0 Å². The van der Waals surface area contributed by atoms with Crippen LogP contribution >= 0.6 is 11.6 Å². The molecule has 0 bridgehead atoms. The predicted octanol–water partition coefficient (Wildman–Crippen LogP) is 0.957. The lowest BCUT2D eigenvalue weighted by atomic mass is 10.2. The Morgan fingerprint density at radius 1 is 1.67 bits per heavy atom. The second kappa shape index (κ2) is 5.65. The molecule has 1 aliphatic rings. The molecule has 1 fully saturated rings. The van der Waals surface area contributed by atoms with Crippen LogP contribution in [-0.2, 0) is 4.74 Å². The number of rotatable bonds is 3. The van der Waals surface area contributed by atoms with Crippen molar-refractivity contribution < 1.29 is 14.6 Å². The van der Waals surface area contributed by atoms with Crippen molar-refractivity contribution in [3.63, 3.8) is 0 Å². The van der Waals surface area contributed by atoms with Gasteiger partial charge in [-0.3, -0.25) is 4.79 Å². The molecular formula is C12H15ClN2O3. The van der Waals surface area contributed by atoms with Gasteiger partial charge in [0.2, 0.25) is 0 Å². The molecule has 0 spiro atoms. The second-order valence-electron chi connectivity index (χ2n) is 4.25. The number of ether oxygens (including phenoxy) is 1. The Hall–Kier alpha value is -1.17. The molecule has 1 saturated heterocycles. The van der Waals surface area contributed by atoms with E-state index in [1.54, 1.807) is 24.1 Å². The van der Waals surface area contributed by atoms with E-state index >= 15 is 0 Å². The molecule has 0 radical (unpaired) electrons. The zero-order valence-electron chi connectivity index (χ0n) is 10.0. The highest BCUT2D eigenvalue weighted by atomic mass is 35.5. The maximum Gasteiger partial charge on any atom is 0.272 e. The van der Waals surface area contributed by atoms with E-state index in [2.05, 4.69) is 4.98 Å². The van der Waals surface area contributed by atoms with Crippen molar-refractivity contribution in [1.82, 2.24) is 9.88 Å². The number of nitrogens with zero attached hydrogens (tertiary/aromatic N) is 2. The van der Waals surface area contributed by atoms with Crippen LogP contribution in [0.5, 0.6) is 0 Å². The van der Waals surface area contributed by atoms with E-state index in [0.717, 1.165) is 0 Å². The summed E-state index contributed by atoms with van der Waals surface area (Å²) < 4.78 is 5.23. The molecule has 2 rings (SSSR count). The van der Waals surface area contributed by atoms with E-state index in [9.17, 15) is 9.90 Å². The lowest BCUT2D eigenvalue weighted by molar-refractivity contribution is 0.0642. The summed E-state index contributed by atoms with van der Waals surface area (Å²) in [6, 6.07) is 3.00. The zero-order chi connectivity index (χ0) is 13.1. The molecular weight excluding hydrogens is 256 g/mol. The molecule has 0 aromatic carbocycles. The molecule has 1 aromatic rings. The fourth-order valence-electron chi connectivity index (χ4n) is 2.12. The molecule has 0 unspecified atom stereocenters. The Morgan fingerprint density at radius 2 is 2.44 bits per heavy atom. The van der Waals surface area contributed by atoms with Crippen molar-refractivity contribution in [3.05, 3.63) is 29.0 Å². The molecule has 0 aliphatic carbocycles. The molecule has 18 heavy (non-hydrogen) atoms. The highest BCUT2D eigenvalue weighted by Gasteiger charge is 2.35. The van der Waals surface area contributed by atoms with Crippen LogP contribution in [-0.4, -0.2) is 53.3 Å². The van der Waals surface area contributed by atoms with Gasteiger partial charge < -0.3 is 14.7 Å². The highest BCUT2D eigenvalue weighted by Crippen LogP contribution is 2.21. The molecule has 1 aromatic heterocycles. The third-order valence-electron chi connectivity index (χ3n) is 3.13. The number of carbonyl (C=O) groups excluding carboxylic acids is 1. The minimum Gasteiger partial charge on any atom is -0.394 e. The number of methoxy groups -OCH3 is 1. The second-order valence-corrected chi connectivity index (χ2v) is 4.69. The van der Waals surface area contributed by atoms with Gasteiger partial charge >= 0.3 is 0 Å². The first-order valence-corrected chi connectivity index (χ1v) is 6.09. The van der Waals surface area contributed by atoms with E-state index in [1.165, 1.54) is 6.20 Å². The highest BCUT2D eigenvalue weighted by molar-refractivity contribution is 6.30. The molecule has 1 aliphatic heterocycles. The normalized spacial score (nSPS) is 23.4. The standard InChI is InChI=1S/C12H15ClN2O3/c1-18-10-4-9(7-16)15(6-10)12(17)11-3-2-8(13)5-14-11/h2-3,5,9-10,16H,4,6-7H2,1H3/t9-,10+/m0/s1. The molecule has 2 atom stereocenters. The average Bonchev–Trinajstić information content (AvgIpc) is 2.82. The molecule has 0 saturated carbocycles. The quantitative estimate of drug-likeness (QED) is 0.889. The van der Waals surface area contributed by atoms with Crippen LogP contribution in [0.15, 0.2) is 18.3 Å². The lowest BCUT2D eigenvalue weighted by Crippen LogP contribution is -2.38. The summed E-state index contributed by atoms with van der Waals surface area (Å²) in [7, 11) is 1.60. The van der Waals surface area contributed by atoms with Gasteiger partial charge in [-0.05, 0) is 18.6 Å². The van der Waals surface area contributed by atoms with Crippen molar-refractivity contribution in [2.24, 2.45) is 0 Å². The summed E-state index contributed by atoms with van der Waals surface area (Å²) in [4.78, 5) is 17.8. The number of pyridine rings is 1. The smallest absolute Gasteiger partial charge is 0.272 e. The van der Waals surface area contributed by atoms with Crippen LogP contribution in [0.3, 0.4) is 0 Å². The van der Waals surface area contributed by atoms with Gasteiger partial charge in [0, 0.05) is 19.9 Å². The van der Waals surface area contributed by atoms with Gasteiger partial charge in [-0.25, -0.2) is 4.98 Å². The number of halogens is 1. The van der Waals surface area contributed by atoms with Gasteiger partial charge in [0.1, 0.15) is 5.69 Å². The van der Waals surface area contributed by atoms with E-state index in [0.29, 0.717) is 23.7 Å². The zero-order valence-corrected chi connectivity index (χ0v) is 10.8. The summed E-state index contributed by atoms with van der Waals surface area (Å²) >= 11 is 5.73. The van der Waals surface area contributed by atoms with Gasteiger partial charge in [0.05, 0.1) is 23.8 Å². The lowest BCUT2D eigenvalue weighted by Gasteiger charge is -2.22. The maximum atomic E-state index is 12.2. The summed E-state index contributed by atoms with van der Waals surface area (Å²) in [5.74, 6) is -0.203. The maximum absolute atomic E-state index is 12.2. The molecule has 1 amide bonds. The number of aliphatic hydroxyl groups excluding tert-OH is 1. The molecule has 98 valence electrons. The number of amides is 1. The number of likely N-dealkylation sites (tertiary alicyclic amines) is 1. The van der Waals surface area contributed by atoms with Crippen LogP contribution < -0.4 is 0 Å². The summed E-state index contributed by atoms with van der Waals surface area (Å²) in [6.45, 7) is 0.407. The van der Waals surface area contributed by atoms with Crippen LogP contribution in [0.1, 0.15) is 16.9 Å². The number of hydrogen-bond acceptors (Lipinski definition) is 4. The summed E-state index contributed by atoms with van der Waals surface area (Å²) in [5, 5.41) is 9.79. The van der Waals surface area contributed by atoms with E-state index in [4.69, 9.17) is 16.3 Å². The first-order valence-electron chi connectivity index (χ1n) is 5.72. The average molecular weight is 271 g/mol. The Balaban J connectivity index is 2.15. The third-order valence-corrected chi connectivity index (χ3v) is 3.35. The van der Waals surface area contributed by atoms with Crippen molar-refractivity contribution in [2.75, 3.05) is 20.3 Å². The van der Waals surface area contributed by atoms with Gasteiger partial charge in [0.15, 0.2) is 0 Å². The van der Waals surface area contributed by atoms with Gasteiger partial charge in [-0.2, -0.15) is 0 Å². The van der Waals surface area contributed by atoms with Gasteiger partial charge in [0.25, 0.3) is 5.91 Å². The minimum absolute atomic E-state index is 0.0293. The molecule has 5 nitrogen and oxygen atoms in total. The van der Waals surface area contributed by atoms with Crippen LogP contribution in [0.4, 0.5) is 0 Å². The van der Waals surface area contributed by atoms with E-state index in [1.807, 2.05) is 0 Å². The Morgan fingerprint density at radius 3 is 3.00 bits per heavy atom. The fraction of sp³-hybridized carbons (Fsp3) is 0.500. The Bertz CT molecular complexity index is 424. The number of hydrogen-bond donors (Lipinski definition) is 1. The SMILES string of the molecule is CO[C@@H]1C[C@@H](CO)N(C(=O)c2ccc(Cl)cn2)C1. The van der Waals surface area contributed by atoms with E-state index in [-0.39, 0.29) is 24.7 Å². The fourth-order valence-corrected chi connectivity index (χ4v) is 2.23. The third kappa shape index (κ3) is 2.63. The number of aromatic nitrogens is 1. The monoisotopic (exact) mass is 270 g/mol. The summed E-state index contributed by atoms with van der Waals surface area (Å²) in [5.41, 5.74) is 0.328. The topological polar surface area (TPSA) is 62.7 Å².